The summed E-state index contributed by atoms with van der Waals surface area (Å²) in [5, 5.41) is 7.34. The van der Waals surface area contributed by atoms with Gasteiger partial charge in [-0.2, -0.15) is 0 Å². The highest BCUT2D eigenvalue weighted by Gasteiger charge is 1.92. The highest BCUT2D eigenvalue weighted by Crippen LogP contribution is 1.96. The molecule has 0 aliphatic carbocycles. The van der Waals surface area contributed by atoms with Gasteiger partial charge in [-0.1, -0.05) is 13.3 Å². The summed E-state index contributed by atoms with van der Waals surface area (Å²) in [5.74, 6) is 0. The lowest BCUT2D eigenvalue weighted by Crippen LogP contribution is -2.03. The number of nitrogens with two attached hydrogens (primary N) is 1. The van der Waals surface area contributed by atoms with Gasteiger partial charge in [-0.25, -0.2) is 0 Å². The fourth-order valence-corrected chi connectivity index (χ4v) is 0.742. The first-order valence-electron chi connectivity index (χ1n) is 3.57. The molecule has 0 fully saturated rings. The van der Waals surface area contributed by atoms with Crippen molar-refractivity contribution in [1.29, 1.82) is 5.41 Å². The molecule has 9 heavy (non-hydrogen) atoms. The Morgan fingerprint density at radius 2 is 2.11 bits per heavy atom. The van der Waals surface area contributed by atoms with E-state index in [0.717, 1.165) is 31.4 Å². The van der Waals surface area contributed by atoms with Crippen molar-refractivity contribution in [3.8, 4) is 0 Å². The Morgan fingerprint density at radius 1 is 1.44 bits per heavy atom. The lowest BCUT2D eigenvalue weighted by molar-refractivity contribution is 0.845. The van der Waals surface area contributed by atoms with Crippen LogP contribution in [0.15, 0.2) is 0 Å². The Hall–Kier alpha value is -0.370. The van der Waals surface area contributed by atoms with E-state index >= 15 is 0 Å². The minimum absolute atomic E-state index is 0.714. The second-order valence-corrected chi connectivity index (χ2v) is 2.25. The molecule has 0 aliphatic heterocycles. The van der Waals surface area contributed by atoms with Crippen LogP contribution in [0.25, 0.3) is 0 Å². The van der Waals surface area contributed by atoms with Crippen molar-refractivity contribution in [3.63, 3.8) is 0 Å². The monoisotopic (exact) mass is 128 g/mol. The van der Waals surface area contributed by atoms with Crippen LogP contribution >= 0.6 is 0 Å². The topological polar surface area (TPSA) is 49.9 Å². The van der Waals surface area contributed by atoms with Crippen molar-refractivity contribution in [3.05, 3.63) is 0 Å². The van der Waals surface area contributed by atoms with Gasteiger partial charge < -0.3 is 11.1 Å². The smallest absolute Gasteiger partial charge is 0.00895 e. The molecule has 0 unspecified atom stereocenters. The SMILES string of the molecule is CCCC(=N)CCCN. The van der Waals surface area contributed by atoms with Crippen LogP contribution in [0.2, 0.25) is 0 Å². The first-order valence-corrected chi connectivity index (χ1v) is 3.57. The summed E-state index contributed by atoms with van der Waals surface area (Å²) >= 11 is 0. The highest BCUT2D eigenvalue weighted by atomic mass is 14.5. The molecule has 0 bridgehead atoms. The van der Waals surface area contributed by atoms with E-state index in [2.05, 4.69) is 6.92 Å². The molecule has 0 saturated carbocycles. The van der Waals surface area contributed by atoms with Gasteiger partial charge in [0.05, 0.1) is 0 Å². The second-order valence-electron chi connectivity index (χ2n) is 2.25. The predicted molar refractivity (Wildman–Crippen MR) is 40.9 cm³/mol. The Morgan fingerprint density at radius 3 is 2.56 bits per heavy atom. The van der Waals surface area contributed by atoms with Crippen molar-refractivity contribution in [2.45, 2.75) is 32.6 Å². The molecule has 0 heterocycles. The molecule has 0 amide bonds. The van der Waals surface area contributed by atoms with E-state index in [4.69, 9.17) is 11.1 Å². The van der Waals surface area contributed by atoms with E-state index in [0.29, 0.717) is 6.54 Å². The van der Waals surface area contributed by atoms with Crippen molar-refractivity contribution in [2.75, 3.05) is 6.54 Å². The van der Waals surface area contributed by atoms with Gasteiger partial charge in [0.15, 0.2) is 0 Å². The molecular weight excluding hydrogens is 112 g/mol. The van der Waals surface area contributed by atoms with Crippen molar-refractivity contribution in [2.24, 2.45) is 5.73 Å². The molecule has 0 spiro atoms. The van der Waals surface area contributed by atoms with Gasteiger partial charge in [-0.3, -0.25) is 0 Å². The molecule has 0 atom stereocenters. The fourth-order valence-electron chi connectivity index (χ4n) is 0.742. The number of hydrogen-bond acceptors (Lipinski definition) is 2. The molecule has 2 heteroatoms. The average Bonchev–Trinajstić information content (AvgIpc) is 1.85. The maximum atomic E-state index is 7.34. The molecule has 2 nitrogen and oxygen atoms in total. The van der Waals surface area contributed by atoms with E-state index in [-0.39, 0.29) is 0 Å². The van der Waals surface area contributed by atoms with Crippen molar-refractivity contribution in [1.82, 2.24) is 0 Å². The maximum Gasteiger partial charge on any atom is 0.00895 e. The zero-order chi connectivity index (χ0) is 7.11. The number of nitrogens with one attached hydrogen (secondary N) is 1. The Bertz CT molecular complexity index is 79.0. The first kappa shape index (κ1) is 8.63. The van der Waals surface area contributed by atoms with Crippen LogP contribution in [-0.2, 0) is 0 Å². The van der Waals surface area contributed by atoms with Gasteiger partial charge in [-0.05, 0) is 25.8 Å². The summed E-state index contributed by atoms with van der Waals surface area (Å²) in [6.45, 7) is 2.81. The van der Waals surface area contributed by atoms with Gasteiger partial charge in [0, 0.05) is 5.71 Å². The standard InChI is InChI=1S/C7H16N2/c1-2-4-7(9)5-3-6-8/h9H,2-6,8H2,1H3. The van der Waals surface area contributed by atoms with Crippen LogP contribution in [0.1, 0.15) is 32.6 Å². The molecule has 0 saturated heterocycles. The summed E-state index contributed by atoms with van der Waals surface area (Å²) in [5.41, 5.74) is 6.13. The molecule has 0 rings (SSSR count). The first-order chi connectivity index (χ1) is 4.31. The van der Waals surface area contributed by atoms with Crippen LogP contribution in [0.4, 0.5) is 0 Å². The highest BCUT2D eigenvalue weighted by molar-refractivity contribution is 5.81. The molecule has 0 aromatic heterocycles. The van der Waals surface area contributed by atoms with Gasteiger partial charge in [0.25, 0.3) is 0 Å². The predicted octanol–water partition coefficient (Wildman–Crippen LogP) is 1.55. The second kappa shape index (κ2) is 5.76. The molecule has 0 aromatic rings. The van der Waals surface area contributed by atoms with E-state index in [9.17, 15) is 0 Å². The van der Waals surface area contributed by atoms with Crippen molar-refractivity contribution < 1.29 is 0 Å². The molecule has 0 aromatic carbocycles. The molecule has 0 radical (unpaired) electrons. The lowest BCUT2D eigenvalue weighted by atomic mass is 10.1. The Balaban J connectivity index is 3.06. The molecule has 3 N–H and O–H groups in total. The van der Waals surface area contributed by atoms with Gasteiger partial charge in [0.1, 0.15) is 0 Å². The maximum absolute atomic E-state index is 7.34. The normalized spacial score (nSPS) is 9.56. The Labute approximate surface area is 57.0 Å². The molecule has 54 valence electrons. The fraction of sp³-hybridized carbons (Fsp3) is 0.857. The van der Waals surface area contributed by atoms with E-state index in [1.807, 2.05) is 0 Å². The Kier molecular flexibility index (Phi) is 5.52. The van der Waals surface area contributed by atoms with Crippen molar-refractivity contribution >= 4 is 5.71 Å². The van der Waals surface area contributed by atoms with Gasteiger partial charge >= 0.3 is 0 Å². The minimum atomic E-state index is 0.714. The van der Waals surface area contributed by atoms with Crippen LogP contribution in [-0.4, -0.2) is 12.3 Å². The van der Waals surface area contributed by atoms with Crippen LogP contribution in [0.5, 0.6) is 0 Å². The largest absolute Gasteiger partial charge is 0.330 e. The third-order valence-corrected chi connectivity index (χ3v) is 1.23. The summed E-state index contributed by atoms with van der Waals surface area (Å²) in [6.07, 6.45) is 3.90. The lowest BCUT2D eigenvalue weighted by Gasteiger charge is -1.97. The minimum Gasteiger partial charge on any atom is -0.330 e. The van der Waals surface area contributed by atoms with E-state index in [1.165, 1.54) is 0 Å². The number of rotatable bonds is 5. The van der Waals surface area contributed by atoms with Gasteiger partial charge in [-0.15, -0.1) is 0 Å². The third-order valence-electron chi connectivity index (χ3n) is 1.23. The zero-order valence-electron chi connectivity index (χ0n) is 6.11. The van der Waals surface area contributed by atoms with Crippen LogP contribution in [0, 0.1) is 5.41 Å². The summed E-state index contributed by atoms with van der Waals surface area (Å²) in [7, 11) is 0. The van der Waals surface area contributed by atoms with Gasteiger partial charge in [0.2, 0.25) is 0 Å². The van der Waals surface area contributed by atoms with Crippen LogP contribution < -0.4 is 5.73 Å². The van der Waals surface area contributed by atoms with E-state index < -0.39 is 0 Å². The molecule has 0 aliphatic rings. The summed E-state index contributed by atoms with van der Waals surface area (Å²) in [4.78, 5) is 0. The number of hydrogen-bond donors (Lipinski definition) is 2. The summed E-state index contributed by atoms with van der Waals surface area (Å²) in [6, 6.07) is 0. The molecular formula is C7H16N2. The quantitative estimate of drug-likeness (QED) is 0.542. The van der Waals surface area contributed by atoms with E-state index in [1.54, 1.807) is 0 Å². The zero-order valence-corrected chi connectivity index (χ0v) is 6.11. The third kappa shape index (κ3) is 5.50. The summed E-state index contributed by atoms with van der Waals surface area (Å²) < 4.78 is 0. The average molecular weight is 128 g/mol. The van der Waals surface area contributed by atoms with Crippen LogP contribution in [0.3, 0.4) is 0 Å².